The minimum absolute atomic E-state index is 0.00277. The van der Waals surface area contributed by atoms with Crippen molar-refractivity contribution in [1.29, 1.82) is 0 Å². The number of aryl methyl sites for hydroxylation is 1. The van der Waals surface area contributed by atoms with Crippen LogP contribution in [0.5, 0.6) is 0 Å². The second-order valence-electron chi connectivity index (χ2n) is 7.54. The third-order valence-electron chi connectivity index (χ3n) is 4.97. The minimum Gasteiger partial charge on any atom is -0.439 e. The molecule has 0 aliphatic rings. The fourth-order valence-electron chi connectivity index (χ4n) is 3.34. The number of halogens is 2. The first-order chi connectivity index (χ1) is 15.5. The number of fused-ring (bicyclic) bond motifs is 1. The topological polar surface area (TPSA) is 55.6 Å². The summed E-state index contributed by atoms with van der Waals surface area (Å²) >= 11 is 0. The highest BCUT2D eigenvalue weighted by molar-refractivity contribution is 5.77. The zero-order valence-electron chi connectivity index (χ0n) is 17.6. The number of carbonyl (C=O) groups is 1. The minimum atomic E-state index is -0.595. The molecule has 4 rings (SSSR count). The van der Waals surface area contributed by atoms with Crippen LogP contribution < -0.4 is 0 Å². The molecule has 164 valence electrons. The van der Waals surface area contributed by atoms with Crippen molar-refractivity contribution < 1.29 is 22.7 Å². The first kappa shape index (κ1) is 21.6. The maximum absolute atomic E-state index is 14.2. The van der Waals surface area contributed by atoms with Crippen molar-refractivity contribution in [2.45, 2.75) is 26.6 Å². The Balaban J connectivity index is 1.52. The summed E-state index contributed by atoms with van der Waals surface area (Å²) in [5.74, 6) is -1.25. The van der Waals surface area contributed by atoms with Crippen LogP contribution in [-0.2, 0) is 29.2 Å². The van der Waals surface area contributed by atoms with Crippen LogP contribution in [0.25, 0.3) is 11.1 Å². The van der Waals surface area contributed by atoms with Crippen LogP contribution in [0.1, 0.15) is 22.6 Å². The van der Waals surface area contributed by atoms with Gasteiger partial charge in [0.25, 0.3) is 0 Å². The van der Waals surface area contributed by atoms with Crippen molar-refractivity contribution in [3.8, 4) is 0 Å². The number of amides is 1. The largest absolute Gasteiger partial charge is 0.439 e. The highest BCUT2D eigenvalue weighted by atomic mass is 19.1. The van der Waals surface area contributed by atoms with Crippen molar-refractivity contribution in [2.75, 3.05) is 6.61 Å². The number of hydrogen-bond acceptors (Lipinski definition) is 4. The molecule has 0 aliphatic carbocycles. The van der Waals surface area contributed by atoms with Gasteiger partial charge in [0.2, 0.25) is 11.8 Å². The van der Waals surface area contributed by atoms with Crippen molar-refractivity contribution in [3.05, 3.63) is 101 Å². The molecule has 1 amide bonds. The Hall–Kier alpha value is -3.58. The zero-order valence-corrected chi connectivity index (χ0v) is 17.6. The Morgan fingerprint density at radius 3 is 2.66 bits per heavy atom. The molecule has 1 heterocycles. The van der Waals surface area contributed by atoms with E-state index in [-0.39, 0.29) is 37.8 Å². The lowest BCUT2D eigenvalue weighted by atomic mass is 10.2. The predicted octanol–water partition coefficient (Wildman–Crippen LogP) is 5.16. The summed E-state index contributed by atoms with van der Waals surface area (Å²) in [7, 11) is 0. The second-order valence-corrected chi connectivity index (χ2v) is 7.54. The van der Waals surface area contributed by atoms with Gasteiger partial charge in [-0.25, -0.2) is 13.8 Å². The molecule has 7 heteroatoms. The van der Waals surface area contributed by atoms with E-state index in [2.05, 4.69) is 4.98 Å². The third-order valence-corrected chi connectivity index (χ3v) is 4.97. The number of carbonyl (C=O) groups excluding carboxylic acids is 1. The van der Waals surface area contributed by atoms with Crippen LogP contribution in [0, 0.1) is 18.6 Å². The van der Waals surface area contributed by atoms with E-state index >= 15 is 0 Å². The van der Waals surface area contributed by atoms with Crippen LogP contribution in [0.4, 0.5) is 8.78 Å². The molecule has 5 nitrogen and oxygen atoms in total. The molecule has 0 unspecified atom stereocenters. The molecule has 0 saturated carbocycles. The smallest absolute Gasteiger partial charge is 0.249 e. The molecule has 0 atom stereocenters. The van der Waals surface area contributed by atoms with Gasteiger partial charge in [-0.15, -0.1) is 0 Å². The first-order valence-corrected chi connectivity index (χ1v) is 10.2. The van der Waals surface area contributed by atoms with Crippen LogP contribution in [0.3, 0.4) is 0 Å². The standard InChI is InChI=1S/C25H22F2N2O3/c1-17-7-10-23-22(11-17)28-24(32-23)14-29(13-19-12-20(26)8-9-21(19)27)25(30)16-31-15-18-5-3-2-4-6-18/h2-12H,13-16H2,1H3. The molecule has 0 bridgehead atoms. The SMILES string of the molecule is Cc1ccc2oc(CN(Cc3cc(F)ccc3F)C(=O)COCc3ccccc3)nc2c1. The molecule has 0 spiro atoms. The maximum Gasteiger partial charge on any atom is 0.249 e. The van der Waals surface area contributed by atoms with E-state index in [1.807, 2.05) is 55.5 Å². The summed E-state index contributed by atoms with van der Waals surface area (Å²) in [6.45, 7) is 1.84. The Morgan fingerprint density at radius 1 is 1.03 bits per heavy atom. The van der Waals surface area contributed by atoms with E-state index < -0.39 is 11.6 Å². The molecule has 0 saturated heterocycles. The maximum atomic E-state index is 14.2. The third kappa shape index (κ3) is 5.36. The summed E-state index contributed by atoms with van der Waals surface area (Å²) in [4.78, 5) is 18.7. The zero-order chi connectivity index (χ0) is 22.5. The Labute approximate surface area is 184 Å². The highest BCUT2D eigenvalue weighted by Gasteiger charge is 2.20. The highest BCUT2D eigenvalue weighted by Crippen LogP contribution is 2.20. The average Bonchev–Trinajstić information content (AvgIpc) is 3.18. The van der Waals surface area contributed by atoms with E-state index in [0.29, 0.717) is 17.0 Å². The lowest BCUT2D eigenvalue weighted by Gasteiger charge is -2.21. The normalized spacial score (nSPS) is 11.1. The Morgan fingerprint density at radius 2 is 1.84 bits per heavy atom. The van der Waals surface area contributed by atoms with Gasteiger partial charge in [-0.3, -0.25) is 4.79 Å². The number of rotatable bonds is 8. The molecule has 0 fully saturated rings. The summed E-state index contributed by atoms with van der Waals surface area (Å²) in [5.41, 5.74) is 3.28. The number of aromatic nitrogens is 1. The Kier molecular flexibility index (Phi) is 6.56. The molecule has 0 N–H and O–H groups in total. The fraction of sp³-hybridized carbons (Fsp3) is 0.200. The molecular formula is C25H22F2N2O3. The number of oxazole rings is 1. The molecular weight excluding hydrogens is 414 g/mol. The van der Waals surface area contributed by atoms with Gasteiger partial charge in [0.05, 0.1) is 13.2 Å². The van der Waals surface area contributed by atoms with Crippen molar-refractivity contribution in [3.63, 3.8) is 0 Å². The molecule has 3 aromatic carbocycles. The molecule has 0 radical (unpaired) electrons. The summed E-state index contributed by atoms with van der Waals surface area (Å²) in [6.07, 6.45) is 0. The van der Waals surface area contributed by atoms with Gasteiger partial charge in [0, 0.05) is 12.1 Å². The first-order valence-electron chi connectivity index (χ1n) is 10.2. The predicted molar refractivity (Wildman–Crippen MR) is 115 cm³/mol. The van der Waals surface area contributed by atoms with Crippen LogP contribution in [0.15, 0.2) is 71.1 Å². The number of ether oxygens (including phenoxy) is 1. The van der Waals surface area contributed by atoms with Gasteiger partial charge < -0.3 is 14.1 Å². The van der Waals surface area contributed by atoms with Gasteiger partial charge >= 0.3 is 0 Å². The number of benzene rings is 3. The van der Waals surface area contributed by atoms with Gasteiger partial charge in [0.15, 0.2) is 5.58 Å². The van der Waals surface area contributed by atoms with E-state index in [4.69, 9.17) is 9.15 Å². The lowest BCUT2D eigenvalue weighted by Crippen LogP contribution is -2.33. The van der Waals surface area contributed by atoms with Gasteiger partial charge in [-0.05, 0) is 48.4 Å². The van der Waals surface area contributed by atoms with Crippen molar-refractivity contribution >= 4 is 17.0 Å². The summed E-state index contributed by atoms with van der Waals surface area (Å²) in [5, 5.41) is 0. The monoisotopic (exact) mass is 436 g/mol. The van der Waals surface area contributed by atoms with E-state index in [0.717, 1.165) is 29.3 Å². The quantitative estimate of drug-likeness (QED) is 0.383. The number of nitrogens with zero attached hydrogens (tertiary/aromatic N) is 2. The van der Waals surface area contributed by atoms with E-state index in [1.54, 1.807) is 0 Å². The second kappa shape index (κ2) is 9.70. The Bertz CT molecular complexity index is 1220. The van der Waals surface area contributed by atoms with Crippen LogP contribution >= 0.6 is 0 Å². The molecule has 1 aromatic heterocycles. The van der Waals surface area contributed by atoms with Crippen molar-refractivity contribution in [2.24, 2.45) is 0 Å². The molecule has 4 aromatic rings. The lowest BCUT2D eigenvalue weighted by molar-refractivity contribution is -0.138. The summed E-state index contributed by atoms with van der Waals surface area (Å²) < 4.78 is 39.2. The number of hydrogen-bond donors (Lipinski definition) is 0. The van der Waals surface area contributed by atoms with Gasteiger partial charge in [-0.1, -0.05) is 36.4 Å². The van der Waals surface area contributed by atoms with Crippen LogP contribution in [-0.4, -0.2) is 22.4 Å². The fourth-order valence-corrected chi connectivity index (χ4v) is 3.34. The van der Waals surface area contributed by atoms with Gasteiger partial charge in [0.1, 0.15) is 23.8 Å². The van der Waals surface area contributed by atoms with E-state index in [9.17, 15) is 13.6 Å². The van der Waals surface area contributed by atoms with Crippen LogP contribution in [0.2, 0.25) is 0 Å². The van der Waals surface area contributed by atoms with Crippen molar-refractivity contribution in [1.82, 2.24) is 9.88 Å². The summed E-state index contributed by atoms with van der Waals surface area (Å²) in [6, 6.07) is 18.2. The molecule has 0 aliphatic heterocycles. The molecule has 32 heavy (non-hydrogen) atoms. The average molecular weight is 436 g/mol. The van der Waals surface area contributed by atoms with Gasteiger partial charge in [-0.2, -0.15) is 0 Å². The van der Waals surface area contributed by atoms with E-state index in [1.165, 1.54) is 4.90 Å².